The first-order valence-electron chi connectivity index (χ1n) is 4.96. The minimum absolute atomic E-state index is 0.0456. The Hall–Kier alpha value is -0.610. The Kier molecular flexibility index (Phi) is 3.26. The van der Waals surface area contributed by atoms with Gasteiger partial charge in [-0.15, -0.1) is 0 Å². The first kappa shape index (κ1) is 10.9. The largest absolute Gasteiger partial charge is 0.489 e. The van der Waals surface area contributed by atoms with Gasteiger partial charge in [0.05, 0.1) is 4.47 Å². The maximum Gasteiger partial charge on any atom is 0.137 e. The summed E-state index contributed by atoms with van der Waals surface area (Å²) in [5.74, 6) is 0.478. The van der Waals surface area contributed by atoms with Gasteiger partial charge in [-0.2, -0.15) is 0 Å². The summed E-state index contributed by atoms with van der Waals surface area (Å²) in [5, 5.41) is 8.83. The predicted molar refractivity (Wildman–Crippen MR) is 58.5 cm³/mol. The van der Waals surface area contributed by atoms with Crippen LogP contribution in [0.4, 0.5) is 4.39 Å². The molecule has 0 saturated heterocycles. The summed E-state index contributed by atoms with van der Waals surface area (Å²) in [6.45, 7) is 0.124. The number of aliphatic hydroxyl groups is 1. The molecule has 1 heterocycles. The van der Waals surface area contributed by atoms with Gasteiger partial charge in [-0.1, -0.05) is 0 Å². The molecule has 2 nitrogen and oxygen atoms in total. The van der Waals surface area contributed by atoms with E-state index in [-0.39, 0.29) is 18.5 Å². The number of hydrogen-bond acceptors (Lipinski definition) is 2. The second-order valence-corrected chi connectivity index (χ2v) is 4.52. The van der Waals surface area contributed by atoms with Gasteiger partial charge in [0.2, 0.25) is 0 Å². The summed E-state index contributed by atoms with van der Waals surface area (Å²) in [7, 11) is 0. The monoisotopic (exact) mass is 274 g/mol. The van der Waals surface area contributed by atoms with Gasteiger partial charge in [-0.3, -0.25) is 0 Å². The van der Waals surface area contributed by atoms with E-state index in [4.69, 9.17) is 9.84 Å². The molecule has 1 aromatic carbocycles. The molecule has 0 aliphatic carbocycles. The summed E-state index contributed by atoms with van der Waals surface area (Å²) in [6.07, 6.45) is 2.31. The molecule has 0 saturated carbocycles. The van der Waals surface area contributed by atoms with Crippen molar-refractivity contribution in [1.82, 2.24) is 0 Å². The zero-order chi connectivity index (χ0) is 10.8. The predicted octanol–water partition coefficient (Wildman–Crippen LogP) is 2.66. The van der Waals surface area contributed by atoms with Crippen molar-refractivity contribution in [3.8, 4) is 5.75 Å². The SMILES string of the molecule is OCC[C@H]1CCc2cc(F)cc(Br)c2O1. The molecule has 0 unspecified atom stereocenters. The highest BCUT2D eigenvalue weighted by molar-refractivity contribution is 9.10. The molecule has 2 rings (SSSR count). The number of rotatable bonds is 2. The normalized spacial score (nSPS) is 19.5. The average molecular weight is 275 g/mol. The Morgan fingerprint density at radius 1 is 1.53 bits per heavy atom. The quantitative estimate of drug-likeness (QED) is 0.899. The fourth-order valence-electron chi connectivity index (χ4n) is 1.82. The lowest BCUT2D eigenvalue weighted by molar-refractivity contribution is 0.132. The Morgan fingerprint density at radius 3 is 3.07 bits per heavy atom. The summed E-state index contributed by atoms with van der Waals surface area (Å²) in [5.41, 5.74) is 0.899. The van der Waals surface area contributed by atoms with Crippen LogP contribution >= 0.6 is 15.9 Å². The van der Waals surface area contributed by atoms with Crippen LogP contribution in [0, 0.1) is 5.82 Å². The number of ether oxygens (including phenoxy) is 1. The minimum atomic E-state index is -0.246. The molecular weight excluding hydrogens is 263 g/mol. The maximum atomic E-state index is 13.1. The molecule has 0 radical (unpaired) electrons. The number of benzene rings is 1. The second-order valence-electron chi connectivity index (χ2n) is 3.67. The number of fused-ring (bicyclic) bond motifs is 1. The summed E-state index contributed by atoms with van der Waals surface area (Å²) in [6, 6.07) is 2.91. The fourth-order valence-corrected chi connectivity index (χ4v) is 2.39. The van der Waals surface area contributed by atoms with Gasteiger partial charge >= 0.3 is 0 Å². The van der Waals surface area contributed by atoms with E-state index in [9.17, 15) is 4.39 Å². The van der Waals surface area contributed by atoms with Crippen LogP contribution in [0.1, 0.15) is 18.4 Å². The van der Waals surface area contributed by atoms with Crippen LogP contribution in [0.15, 0.2) is 16.6 Å². The zero-order valence-corrected chi connectivity index (χ0v) is 9.76. The van der Waals surface area contributed by atoms with Crippen molar-refractivity contribution in [2.75, 3.05) is 6.61 Å². The highest BCUT2D eigenvalue weighted by Gasteiger charge is 2.22. The van der Waals surface area contributed by atoms with Crippen LogP contribution in [-0.4, -0.2) is 17.8 Å². The van der Waals surface area contributed by atoms with E-state index in [0.717, 1.165) is 24.2 Å². The van der Waals surface area contributed by atoms with Gasteiger partial charge in [0.15, 0.2) is 0 Å². The van der Waals surface area contributed by atoms with Crippen molar-refractivity contribution >= 4 is 15.9 Å². The summed E-state index contributed by atoms with van der Waals surface area (Å²) < 4.78 is 19.4. The van der Waals surface area contributed by atoms with Crippen molar-refractivity contribution in [2.24, 2.45) is 0 Å². The molecule has 0 fully saturated rings. The van der Waals surface area contributed by atoms with Gasteiger partial charge in [0, 0.05) is 13.0 Å². The lowest BCUT2D eigenvalue weighted by atomic mass is 10.0. The molecule has 1 aromatic rings. The van der Waals surface area contributed by atoms with E-state index in [2.05, 4.69) is 15.9 Å². The standard InChI is InChI=1S/C11H12BrFO2/c12-10-6-8(13)5-7-1-2-9(3-4-14)15-11(7)10/h5-6,9,14H,1-4H2/t9-/m1/s1. The number of hydrogen-bond donors (Lipinski definition) is 1. The van der Waals surface area contributed by atoms with Gasteiger partial charge in [0.25, 0.3) is 0 Å². The highest BCUT2D eigenvalue weighted by Crippen LogP contribution is 2.36. The number of aryl methyl sites for hydroxylation is 1. The van der Waals surface area contributed by atoms with Gasteiger partial charge in [-0.05, 0) is 46.5 Å². The Morgan fingerprint density at radius 2 is 2.33 bits per heavy atom. The molecule has 1 N–H and O–H groups in total. The second kappa shape index (κ2) is 4.49. The van der Waals surface area contributed by atoms with Gasteiger partial charge in [-0.25, -0.2) is 4.39 Å². The highest BCUT2D eigenvalue weighted by atomic mass is 79.9. The van der Waals surface area contributed by atoms with Crippen LogP contribution in [0.2, 0.25) is 0 Å². The molecule has 15 heavy (non-hydrogen) atoms. The van der Waals surface area contributed by atoms with E-state index in [1.54, 1.807) is 0 Å². The first-order valence-corrected chi connectivity index (χ1v) is 5.75. The lowest BCUT2D eigenvalue weighted by Gasteiger charge is -2.26. The van der Waals surface area contributed by atoms with Gasteiger partial charge in [0.1, 0.15) is 17.7 Å². The molecule has 1 aliphatic rings. The van der Waals surface area contributed by atoms with Crippen LogP contribution in [-0.2, 0) is 6.42 Å². The molecule has 0 amide bonds. The Balaban J connectivity index is 2.25. The third-order valence-electron chi connectivity index (χ3n) is 2.56. The molecule has 1 aliphatic heterocycles. The van der Waals surface area contributed by atoms with Crippen LogP contribution in [0.3, 0.4) is 0 Å². The fraction of sp³-hybridized carbons (Fsp3) is 0.455. The summed E-state index contributed by atoms with van der Waals surface area (Å²) >= 11 is 3.28. The van der Waals surface area contributed by atoms with Gasteiger partial charge < -0.3 is 9.84 Å². The molecule has 0 aromatic heterocycles. The number of aliphatic hydroxyl groups excluding tert-OH is 1. The molecule has 0 bridgehead atoms. The third-order valence-corrected chi connectivity index (χ3v) is 3.15. The first-order chi connectivity index (χ1) is 7.20. The zero-order valence-electron chi connectivity index (χ0n) is 8.17. The van der Waals surface area contributed by atoms with E-state index >= 15 is 0 Å². The smallest absolute Gasteiger partial charge is 0.137 e. The number of halogens is 2. The molecular formula is C11H12BrFO2. The van der Waals surface area contributed by atoms with Crippen molar-refractivity contribution in [3.05, 3.63) is 28.0 Å². The molecule has 4 heteroatoms. The Bertz CT molecular complexity index is 368. The van der Waals surface area contributed by atoms with Crippen LogP contribution in [0.25, 0.3) is 0 Å². The van der Waals surface area contributed by atoms with E-state index < -0.39 is 0 Å². The molecule has 82 valence electrons. The summed E-state index contributed by atoms with van der Waals surface area (Å²) in [4.78, 5) is 0. The van der Waals surface area contributed by atoms with E-state index in [0.29, 0.717) is 10.9 Å². The minimum Gasteiger partial charge on any atom is -0.489 e. The third kappa shape index (κ3) is 2.32. The molecule has 0 spiro atoms. The Labute approximate surface area is 96.2 Å². The van der Waals surface area contributed by atoms with Crippen LogP contribution < -0.4 is 4.74 Å². The van der Waals surface area contributed by atoms with Crippen molar-refractivity contribution in [2.45, 2.75) is 25.4 Å². The lowest BCUT2D eigenvalue weighted by Crippen LogP contribution is -2.24. The van der Waals surface area contributed by atoms with Crippen molar-refractivity contribution in [3.63, 3.8) is 0 Å². The molecule has 1 atom stereocenters. The van der Waals surface area contributed by atoms with Crippen molar-refractivity contribution in [1.29, 1.82) is 0 Å². The van der Waals surface area contributed by atoms with E-state index in [1.807, 2.05) is 0 Å². The van der Waals surface area contributed by atoms with Crippen molar-refractivity contribution < 1.29 is 14.2 Å². The topological polar surface area (TPSA) is 29.5 Å². The average Bonchev–Trinajstić information content (AvgIpc) is 2.19. The van der Waals surface area contributed by atoms with E-state index in [1.165, 1.54) is 12.1 Å². The van der Waals surface area contributed by atoms with Crippen LogP contribution in [0.5, 0.6) is 5.75 Å². The maximum absolute atomic E-state index is 13.1.